The Kier molecular flexibility index (Phi) is 4.09. The SMILES string of the molecule is CCCCOC(=O)c1ccc(O)cc1F. The van der Waals surface area contributed by atoms with E-state index in [4.69, 9.17) is 9.84 Å². The van der Waals surface area contributed by atoms with Crippen molar-refractivity contribution in [2.75, 3.05) is 6.61 Å². The highest BCUT2D eigenvalue weighted by molar-refractivity contribution is 5.89. The van der Waals surface area contributed by atoms with E-state index in [9.17, 15) is 9.18 Å². The normalized spacial score (nSPS) is 10.0. The first-order chi connectivity index (χ1) is 7.15. The number of hydrogen-bond acceptors (Lipinski definition) is 3. The summed E-state index contributed by atoms with van der Waals surface area (Å²) in [6.07, 6.45) is 1.66. The van der Waals surface area contributed by atoms with Crippen LogP contribution in [0.25, 0.3) is 0 Å². The van der Waals surface area contributed by atoms with Crippen LogP contribution in [0.5, 0.6) is 5.75 Å². The van der Waals surface area contributed by atoms with Gasteiger partial charge in [0.2, 0.25) is 0 Å². The molecule has 0 saturated carbocycles. The van der Waals surface area contributed by atoms with Crippen molar-refractivity contribution < 1.29 is 19.0 Å². The first kappa shape index (κ1) is 11.5. The number of benzene rings is 1. The number of halogens is 1. The Morgan fingerprint density at radius 1 is 1.53 bits per heavy atom. The first-order valence-corrected chi connectivity index (χ1v) is 4.80. The summed E-state index contributed by atoms with van der Waals surface area (Å²) in [6, 6.07) is 3.34. The summed E-state index contributed by atoms with van der Waals surface area (Å²) in [6.45, 7) is 2.25. The van der Waals surface area contributed by atoms with Crippen LogP contribution in [0.4, 0.5) is 4.39 Å². The van der Waals surface area contributed by atoms with E-state index in [-0.39, 0.29) is 17.9 Å². The second kappa shape index (κ2) is 5.34. The molecule has 15 heavy (non-hydrogen) atoms. The first-order valence-electron chi connectivity index (χ1n) is 4.80. The van der Waals surface area contributed by atoms with Crippen molar-refractivity contribution in [3.05, 3.63) is 29.6 Å². The number of phenols is 1. The summed E-state index contributed by atoms with van der Waals surface area (Å²) in [4.78, 5) is 11.3. The summed E-state index contributed by atoms with van der Waals surface area (Å²) >= 11 is 0. The molecule has 1 rings (SSSR count). The number of phenolic OH excluding ortho intramolecular Hbond substituents is 1. The molecule has 1 aromatic carbocycles. The zero-order valence-corrected chi connectivity index (χ0v) is 8.50. The van der Waals surface area contributed by atoms with Gasteiger partial charge in [-0.1, -0.05) is 13.3 Å². The molecule has 0 bridgehead atoms. The van der Waals surface area contributed by atoms with Gasteiger partial charge in [0.1, 0.15) is 11.6 Å². The largest absolute Gasteiger partial charge is 0.508 e. The summed E-state index contributed by atoms with van der Waals surface area (Å²) < 4.78 is 18.0. The van der Waals surface area contributed by atoms with Gasteiger partial charge in [-0.3, -0.25) is 0 Å². The van der Waals surface area contributed by atoms with Crippen molar-refractivity contribution in [2.45, 2.75) is 19.8 Å². The van der Waals surface area contributed by atoms with Crippen molar-refractivity contribution in [1.82, 2.24) is 0 Å². The molecule has 0 atom stereocenters. The summed E-state index contributed by atoms with van der Waals surface area (Å²) in [5.74, 6) is -1.67. The Hall–Kier alpha value is -1.58. The number of unbranched alkanes of at least 4 members (excludes halogenated alkanes) is 1. The number of esters is 1. The molecule has 4 heteroatoms. The van der Waals surface area contributed by atoms with Crippen LogP contribution in [0, 0.1) is 5.82 Å². The Bertz CT molecular complexity index is 350. The van der Waals surface area contributed by atoms with Crippen molar-refractivity contribution in [2.24, 2.45) is 0 Å². The third-order valence-electron chi connectivity index (χ3n) is 1.90. The van der Waals surface area contributed by atoms with Gasteiger partial charge in [-0.25, -0.2) is 9.18 Å². The Balaban J connectivity index is 2.65. The third kappa shape index (κ3) is 3.23. The molecule has 0 heterocycles. The number of carbonyl (C=O) groups excluding carboxylic acids is 1. The lowest BCUT2D eigenvalue weighted by molar-refractivity contribution is 0.0494. The summed E-state index contributed by atoms with van der Waals surface area (Å²) in [5.41, 5.74) is -0.149. The average Bonchev–Trinajstić information content (AvgIpc) is 2.17. The zero-order valence-electron chi connectivity index (χ0n) is 8.50. The quantitative estimate of drug-likeness (QED) is 0.616. The maximum Gasteiger partial charge on any atom is 0.341 e. The van der Waals surface area contributed by atoms with E-state index in [1.54, 1.807) is 0 Å². The molecular weight excluding hydrogens is 199 g/mol. The van der Waals surface area contributed by atoms with Crippen LogP contribution in [-0.4, -0.2) is 17.7 Å². The van der Waals surface area contributed by atoms with E-state index >= 15 is 0 Å². The van der Waals surface area contributed by atoms with Crippen molar-refractivity contribution >= 4 is 5.97 Å². The van der Waals surface area contributed by atoms with Crippen molar-refractivity contribution in [3.8, 4) is 5.75 Å². The number of ether oxygens (including phenoxy) is 1. The standard InChI is InChI=1S/C11H13FO3/c1-2-3-6-15-11(14)9-5-4-8(13)7-10(9)12/h4-5,7,13H,2-3,6H2,1H3. The molecule has 1 N–H and O–H groups in total. The van der Waals surface area contributed by atoms with Gasteiger partial charge < -0.3 is 9.84 Å². The van der Waals surface area contributed by atoms with Gasteiger partial charge in [-0.05, 0) is 18.6 Å². The Morgan fingerprint density at radius 3 is 2.87 bits per heavy atom. The molecule has 0 aromatic heterocycles. The second-order valence-corrected chi connectivity index (χ2v) is 3.15. The zero-order chi connectivity index (χ0) is 11.3. The predicted octanol–water partition coefficient (Wildman–Crippen LogP) is 2.49. The lowest BCUT2D eigenvalue weighted by Crippen LogP contribution is -2.08. The topological polar surface area (TPSA) is 46.5 Å². The van der Waals surface area contributed by atoms with Gasteiger partial charge in [-0.15, -0.1) is 0 Å². The highest BCUT2D eigenvalue weighted by Crippen LogP contribution is 2.15. The number of carbonyl (C=O) groups is 1. The fourth-order valence-electron chi connectivity index (χ4n) is 1.06. The maximum atomic E-state index is 13.1. The lowest BCUT2D eigenvalue weighted by Gasteiger charge is -2.04. The number of aromatic hydroxyl groups is 1. The fourth-order valence-corrected chi connectivity index (χ4v) is 1.06. The molecule has 1 aromatic rings. The van der Waals surface area contributed by atoms with E-state index in [1.807, 2.05) is 6.92 Å². The van der Waals surface area contributed by atoms with Crippen LogP contribution in [0.1, 0.15) is 30.1 Å². The molecule has 0 aliphatic carbocycles. The molecule has 0 saturated heterocycles. The van der Waals surface area contributed by atoms with E-state index in [1.165, 1.54) is 12.1 Å². The minimum atomic E-state index is -0.767. The average molecular weight is 212 g/mol. The highest BCUT2D eigenvalue weighted by atomic mass is 19.1. The van der Waals surface area contributed by atoms with E-state index in [2.05, 4.69) is 0 Å². The maximum absolute atomic E-state index is 13.1. The summed E-state index contributed by atoms with van der Waals surface area (Å²) in [7, 11) is 0. The fraction of sp³-hybridized carbons (Fsp3) is 0.364. The van der Waals surface area contributed by atoms with E-state index < -0.39 is 11.8 Å². The number of rotatable bonds is 4. The molecule has 0 aliphatic rings. The van der Waals surface area contributed by atoms with Gasteiger partial charge in [0, 0.05) is 6.07 Å². The second-order valence-electron chi connectivity index (χ2n) is 3.15. The van der Waals surface area contributed by atoms with Gasteiger partial charge in [0.05, 0.1) is 12.2 Å². The van der Waals surface area contributed by atoms with E-state index in [0.29, 0.717) is 0 Å². The molecule has 0 radical (unpaired) electrons. The van der Waals surface area contributed by atoms with E-state index in [0.717, 1.165) is 18.9 Å². The van der Waals surface area contributed by atoms with Gasteiger partial charge >= 0.3 is 5.97 Å². The number of hydrogen-bond donors (Lipinski definition) is 1. The van der Waals surface area contributed by atoms with Crippen molar-refractivity contribution in [3.63, 3.8) is 0 Å². The highest BCUT2D eigenvalue weighted by Gasteiger charge is 2.12. The molecular formula is C11H13FO3. The molecule has 3 nitrogen and oxygen atoms in total. The smallest absolute Gasteiger partial charge is 0.341 e. The van der Waals surface area contributed by atoms with Crippen LogP contribution in [0.3, 0.4) is 0 Å². The molecule has 0 amide bonds. The van der Waals surface area contributed by atoms with Crippen LogP contribution >= 0.6 is 0 Å². The molecule has 82 valence electrons. The minimum Gasteiger partial charge on any atom is -0.508 e. The lowest BCUT2D eigenvalue weighted by atomic mass is 10.2. The minimum absolute atomic E-state index is 0.149. The van der Waals surface area contributed by atoms with Gasteiger partial charge in [0.25, 0.3) is 0 Å². The van der Waals surface area contributed by atoms with Crippen LogP contribution < -0.4 is 0 Å². The molecule has 0 spiro atoms. The predicted molar refractivity (Wildman–Crippen MR) is 53.3 cm³/mol. The Morgan fingerprint density at radius 2 is 2.27 bits per heavy atom. The molecule has 0 unspecified atom stereocenters. The van der Waals surface area contributed by atoms with Crippen molar-refractivity contribution in [1.29, 1.82) is 0 Å². The van der Waals surface area contributed by atoms with Gasteiger partial charge in [-0.2, -0.15) is 0 Å². The van der Waals surface area contributed by atoms with Crippen LogP contribution in [0.2, 0.25) is 0 Å². The molecule has 0 fully saturated rings. The molecule has 0 aliphatic heterocycles. The van der Waals surface area contributed by atoms with Crippen LogP contribution in [-0.2, 0) is 4.74 Å². The Labute approximate surface area is 87.5 Å². The summed E-state index contributed by atoms with van der Waals surface area (Å²) in [5, 5.41) is 8.94. The monoisotopic (exact) mass is 212 g/mol. The van der Waals surface area contributed by atoms with Crippen LogP contribution in [0.15, 0.2) is 18.2 Å². The van der Waals surface area contributed by atoms with Gasteiger partial charge in [0.15, 0.2) is 0 Å². The third-order valence-corrected chi connectivity index (χ3v) is 1.90.